The summed E-state index contributed by atoms with van der Waals surface area (Å²) in [5, 5.41) is 3.05. The molecule has 0 aromatic heterocycles. The average molecular weight is 1120 g/mol. The van der Waals surface area contributed by atoms with Gasteiger partial charge in [0, 0.05) is 12.8 Å². The monoisotopic (exact) mass is 1120 g/mol. The molecule has 0 aliphatic carbocycles. The van der Waals surface area contributed by atoms with Crippen molar-refractivity contribution < 1.29 is 37.3 Å². The molecule has 0 fully saturated rings. The van der Waals surface area contributed by atoms with Crippen molar-refractivity contribution in [2.45, 2.75) is 322 Å². The van der Waals surface area contributed by atoms with Crippen LogP contribution in [0, 0.1) is 0 Å². The highest BCUT2D eigenvalue weighted by atomic mass is 31.2. The van der Waals surface area contributed by atoms with Crippen LogP contribution in [-0.2, 0) is 27.9 Å². The van der Waals surface area contributed by atoms with Gasteiger partial charge in [0.25, 0.3) is 0 Å². The molecule has 0 heterocycles. The number of esters is 1. The Hall–Kier alpha value is -2.29. The highest BCUT2D eigenvalue weighted by Crippen LogP contribution is 2.43. The van der Waals surface area contributed by atoms with Gasteiger partial charge in [-0.05, 0) is 96.0 Å². The summed E-state index contributed by atoms with van der Waals surface area (Å²) in [5.41, 5.74) is 0. The summed E-state index contributed by atoms with van der Waals surface area (Å²) in [7, 11) is 1.48. The molecule has 0 rings (SSSR count). The number of phosphoric ester groups is 1. The number of allylic oxidation sites excluding steroid dienone is 9. The molecule has 3 atom stereocenters. The Morgan fingerprint density at radius 1 is 0.449 bits per heavy atom. The van der Waals surface area contributed by atoms with Crippen LogP contribution < -0.4 is 5.32 Å². The Kier molecular flexibility index (Phi) is 56.2. The minimum Gasteiger partial charge on any atom is -0.456 e. The van der Waals surface area contributed by atoms with Crippen molar-refractivity contribution in [3.05, 3.63) is 60.8 Å². The summed E-state index contributed by atoms with van der Waals surface area (Å²) in [6.45, 7) is 6.99. The molecule has 0 aliphatic heterocycles. The van der Waals surface area contributed by atoms with Gasteiger partial charge >= 0.3 is 13.8 Å². The molecule has 9 nitrogen and oxygen atoms in total. The number of hydrogen-bond acceptors (Lipinski definition) is 6. The predicted molar refractivity (Wildman–Crippen MR) is 337 cm³/mol. The molecule has 0 aliphatic rings. The first-order valence-corrected chi connectivity index (χ1v) is 34.6. The van der Waals surface area contributed by atoms with Gasteiger partial charge in [0.1, 0.15) is 19.3 Å². The van der Waals surface area contributed by atoms with Crippen molar-refractivity contribution in [1.29, 1.82) is 0 Å². The number of carbonyl (C=O) groups excluding carboxylic acids is 2. The number of nitrogens with one attached hydrogen (secondary N) is 1. The van der Waals surface area contributed by atoms with E-state index in [2.05, 4.69) is 74.7 Å². The first kappa shape index (κ1) is 75.7. The van der Waals surface area contributed by atoms with Crippen LogP contribution in [0.4, 0.5) is 0 Å². The van der Waals surface area contributed by atoms with E-state index >= 15 is 0 Å². The smallest absolute Gasteiger partial charge is 0.456 e. The lowest BCUT2D eigenvalue weighted by Crippen LogP contribution is -2.47. The Balaban J connectivity index is 5.17. The van der Waals surface area contributed by atoms with E-state index in [0.29, 0.717) is 17.4 Å². The number of likely N-dealkylation sites (N-methyl/N-ethyl adjacent to an activating group) is 1. The van der Waals surface area contributed by atoms with Crippen LogP contribution >= 0.6 is 7.82 Å². The zero-order valence-electron chi connectivity index (χ0n) is 52.2. The van der Waals surface area contributed by atoms with Gasteiger partial charge < -0.3 is 19.4 Å². The first-order valence-electron chi connectivity index (χ1n) is 33.1. The van der Waals surface area contributed by atoms with Crippen LogP contribution in [0.3, 0.4) is 0 Å². The Morgan fingerprint density at radius 3 is 1.21 bits per heavy atom. The molecule has 0 saturated heterocycles. The maximum Gasteiger partial charge on any atom is 0.472 e. The lowest BCUT2D eigenvalue weighted by molar-refractivity contribution is -0.870. The third-order valence-corrected chi connectivity index (χ3v) is 15.7. The van der Waals surface area contributed by atoms with E-state index in [-0.39, 0.29) is 31.5 Å². The van der Waals surface area contributed by atoms with Crippen LogP contribution in [0.2, 0.25) is 0 Å². The van der Waals surface area contributed by atoms with Crippen LogP contribution in [0.15, 0.2) is 60.8 Å². The second-order valence-electron chi connectivity index (χ2n) is 23.6. The number of ether oxygens (including phenoxy) is 1. The van der Waals surface area contributed by atoms with Crippen LogP contribution in [0.5, 0.6) is 0 Å². The van der Waals surface area contributed by atoms with E-state index in [0.717, 1.165) is 83.5 Å². The van der Waals surface area contributed by atoms with Gasteiger partial charge in [0.15, 0.2) is 0 Å². The second-order valence-corrected chi connectivity index (χ2v) is 25.1. The quantitative estimate of drug-likeness (QED) is 0.0205. The molecule has 1 amide bonds. The van der Waals surface area contributed by atoms with Gasteiger partial charge in [-0.3, -0.25) is 18.6 Å². The van der Waals surface area contributed by atoms with Crippen molar-refractivity contribution in [2.24, 2.45) is 0 Å². The highest BCUT2D eigenvalue weighted by Gasteiger charge is 2.30. The molecule has 3 unspecified atom stereocenters. The first-order chi connectivity index (χ1) is 37.9. The molecule has 0 spiro atoms. The van der Waals surface area contributed by atoms with E-state index < -0.39 is 20.0 Å². The number of carbonyl (C=O) groups is 2. The van der Waals surface area contributed by atoms with Gasteiger partial charge in [-0.25, -0.2) is 4.57 Å². The molecule has 0 aromatic rings. The fourth-order valence-electron chi connectivity index (χ4n) is 9.53. The normalized spacial score (nSPS) is 14.0. The number of hydrogen-bond donors (Lipinski definition) is 2. The van der Waals surface area contributed by atoms with Gasteiger partial charge in [-0.2, -0.15) is 0 Å². The Labute approximate surface area is 483 Å². The summed E-state index contributed by atoms with van der Waals surface area (Å²) < 4.78 is 30.7. The third kappa shape index (κ3) is 58.4. The van der Waals surface area contributed by atoms with Crippen LogP contribution in [0.1, 0.15) is 310 Å². The molecular weight excluding hydrogens is 988 g/mol. The molecule has 0 aromatic carbocycles. The molecule has 2 N–H and O–H groups in total. The Morgan fingerprint density at radius 2 is 0.782 bits per heavy atom. The maximum atomic E-state index is 13.6. The largest absolute Gasteiger partial charge is 0.472 e. The van der Waals surface area contributed by atoms with Gasteiger partial charge in [-0.1, -0.05) is 262 Å². The number of nitrogens with zero attached hydrogens (tertiary/aromatic N) is 1. The van der Waals surface area contributed by atoms with E-state index in [1.165, 1.54) is 193 Å². The van der Waals surface area contributed by atoms with Gasteiger partial charge in [0.05, 0.1) is 33.8 Å². The number of quaternary nitrogens is 1. The molecule has 0 saturated carbocycles. The van der Waals surface area contributed by atoms with Crippen LogP contribution in [0.25, 0.3) is 0 Å². The molecule has 0 radical (unpaired) electrons. The fraction of sp³-hybridized carbons (Fsp3) is 0.824. The SMILES string of the molecule is CCCCC/C=C\C/C=C\C/C=C\CCCCCCC(=O)NC(COP(=O)(O)OCC[N+](C)(C)C)C(/C=C\CCCCCCCCCCCC)OC(=O)CCCCCCCCCCCCCCC/C=C/CCCCCCCC. The van der Waals surface area contributed by atoms with Crippen molar-refractivity contribution >= 4 is 19.7 Å². The van der Waals surface area contributed by atoms with Crippen LogP contribution in [-0.4, -0.2) is 74.3 Å². The molecule has 456 valence electrons. The average Bonchev–Trinajstić information content (AvgIpc) is 3.40. The lowest BCUT2D eigenvalue weighted by Gasteiger charge is -2.27. The topological polar surface area (TPSA) is 111 Å². The second kappa shape index (κ2) is 57.9. The minimum absolute atomic E-state index is 0.0352. The van der Waals surface area contributed by atoms with E-state index in [4.69, 9.17) is 13.8 Å². The van der Waals surface area contributed by atoms with Crippen molar-refractivity contribution in [2.75, 3.05) is 40.9 Å². The number of rotatable bonds is 60. The Bertz CT molecular complexity index is 1520. The molecular formula is C68H128N2O7P+. The molecule has 78 heavy (non-hydrogen) atoms. The van der Waals surface area contributed by atoms with Crippen molar-refractivity contribution in [3.63, 3.8) is 0 Å². The van der Waals surface area contributed by atoms with Crippen molar-refractivity contribution in [3.8, 4) is 0 Å². The highest BCUT2D eigenvalue weighted by molar-refractivity contribution is 7.47. The van der Waals surface area contributed by atoms with E-state index in [1.54, 1.807) is 0 Å². The molecule has 10 heteroatoms. The van der Waals surface area contributed by atoms with E-state index in [9.17, 15) is 19.0 Å². The van der Waals surface area contributed by atoms with Gasteiger partial charge in [0.2, 0.25) is 5.91 Å². The summed E-state index contributed by atoms with van der Waals surface area (Å²) >= 11 is 0. The van der Waals surface area contributed by atoms with Crippen molar-refractivity contribution in [1.82, 2.24) is 5.32 Å². The third-order valence-electron chi connectivity index (χ3n) is 14.7. The minimum atomic E-state index is -4.46. The number of phosphoric acid groups is 1. The fourth-order valence-corrected chi connectivity index (χ4v) is 10.3. The molecule has 0 bridgehead atoms. The maximum absolute atomic E-state index is 13.6. The number of amides is 1. The summed E-state index contributed by atoms with van der Waals surface area (Å²) in [6.07, 6.45) is 73.7. The summed E-state index contributed by atoms with van der Waals surface area (Å²) in [6, 6.07) is -0.860. The summed E-state index contributed by atoms with van der Waals surface area (Å²) in [4.78, 5) is 37.8. The zero-order valence-corrected chi connectivity index (χ0v) is 53.1. The van der Waals surface area contributed by atoms with Gasteiger partial charge in [-0.15, -0.1) is 0 Å². The standard InChI is InChI=1S/C68H127N2O7P/c1-7-10-13-16-19-22-25-28-30-32-33-34-35-36-37-39-41-43-46-49-52-55-58-61-68(72)77-66(59-56-53-50-47-44-27-24-21-18-15-12-9-3)65(64-76-78(73,74)75-63-62-70(4,5)6)69-67(71)60-57-54-51-48-45-42-40-38-31-29-26-23-20-17-14-11-8-2/h20,23,28-31,40,42,56,59,65-66H,7-19,21-22,24-27,32-39,41,43-55,57-58,60-64H2,1-6H3,(H-,69,71,73,74)/p+1/b23-20-,30-28+,31-29-,42-40-,59-56-. The zero-order chi connectivity index (χ0) is 57.2. The number of unbranched alkanes of at least 4 members (excludes halogenated alkanes) is 36. The summed E-state index contributed by atoms with van der Waals surface area (Å²) in [5.74, 6) is -0.522. The predicted octanol–water partition coefficient (Wildman–Crippen LogP) is 20.6. The van der Waals surface area contributed by atoms with E-state index in [1.807, 2.05) is 33.3 Å². The lowest BCUT2D eigenvalue weighted by atomic mass is 10.0.